The van der Waals surface area contributed by atoms with Crippen LogP contribution in [0.5, 0.6) is 0 Å². The van der Waals surface area contributed by atoms with Crippen LogP contribution in [0.4, 0.5) is 0 Å². The van der Waals surface area contributed by atoms with E-state index in [1.807, 2.05) is 18.2 Å². The molecule has 3 heteroatoms. The minimum Gasteiger partial charge on any atom is -0.366 e. The Balaban J connectivity index is 3.00. The summed E-state index contributed by atoms with van der Waals surface area (Å²) in [6.45, 7) is 2.14. The lowest BCUT2D eigenvalue weighted by Crippen LogP contribution is -2.25. The second-order valence-electron chi connectivity index (χ2n) is 2.77. The molecule has 0 aliphatic carbocycles. The SMILES string of the molecule is CC[SiH2]c1ccccc1C(N)=O. The number of nitrogens with two attached hydrogens (primary N) is 1. The molecular formula is C9H13NOSi. The molecule has 0 heterocycles. The molecule has 1 rings (SSSR count). The molecule has 64 valence electrons. The number of hydrogen-bond donors (Lipinski definition) is 1. The van der Waals surface area contributed by atoms with Crippen molar-refractivity contribution < 1.29 is 4.79 Å². The molecule has 0 aliphatic rings. The monoisotopic (exact) mass is 179 g/mol. The van der Waals surface area contributed by atoms with Crippen molar-refractivity contribution in [2.75, 3.05) is 0 Å². The topological polar surface area (TPSA) is 43.1 Å². The number of carbonyl (C=O) groups is 1. The summed E-state index contributed by atoms with van der Waals surface area (Å²) in [4.78, 5) is 10.9. The molecular weight excluding hydrogens is 166 g/mol. The first-order valence-corrected chi connectivity index (χ1v) is 5.84. The Morgan fingerprint density at radius 1 is 1.50 bits per heavy atom. The standard InChI is InChI=1S/C9H13NOSi/c1-2-12-8-6-4-3-5-7(8)9(10)11/h3-6H,2,12H2,1H3,(H2,10,11). The van der Waals surface area contributed by atoms with Gasteiger partial charge in [-0.1, -0.05) is 36.4 Å². The van der Waals surface area contributed by atoms with E-state index in [9.17, 15) is 4.79 Å². The summed E-state index contributed by atoms with van der Waals surface area (Å²) < 4.78 is 0. The van der Waals surface area contributed by atoms with Crippen molar-refractivity contribution in [3.63, 3.8) is 0 Å². The van der Waals surface area contributed by atoms with Crippen molar-refractivity contribution in [3.8, 4) is 0 Å². The Labute approximate surface area is 74.6 Å². The maximum Gasteiger partial charge on any atom is 0.248 e. The lowest BCUT2D eigenvalue weighted by atomic mass is 10.2. The summed E-state index contributed by atoms with van der Waals surface area (Å²) in [6, 6.07) is 8.80. The maximum absolute atomic E-state index is 10.9. The second kappa shape index (κ2) is 4.06. The zero-order chi connectivity index (χ0) is 8.97. The summed E-state index contributed by atoms with van der Waals surface area (Å²) in [5.74, 6) is -0.299. The van der Waals surface area contributed by atoms with Crippen molar-refractivity contribution in [2.24, 2.45) is 5.73 Å². The lowest BCUT2D eigenvalue weighted by molar-refractivity contribution is 0.100. The molecule has 0 aliphatic heterocycles. The van der Waals surface area contributed by atoms with E-state index in [4.69, 9.17) is 5.73 Å². The number of amides is 1. The molecule has 0 unspecified atom stereocenters. The Hall–Kier alpha value is -1.09. The Bertz CT molecular complexity index is 286. The van der Waals surface area contributed by atoms with Gasteiger partial charge in [-0.2, -0.15) is 0 Å². The van der Waals surface area contributed by atoms with E-state index in [-0.39, 0.29) is 15.4 Å². The first-order chi connectivity index (χ1) is 5.75. The van der Waals surface area contributed by atoms with Gasteiger partial charge in [0.2, 0.25) is 5.91 Å². The van der Waals surface area contributed by atoms with Crippen LogP contribution in [0.1, 0.15) is 17.3 Å². The van der Waals surface area contributed by atoms with Crippen molar-refractivity contribution in [1.82, 2.24) is 0 Å². The highest BCUT2D eigenvalue weighted by Gasteiger charge is 2.04. The largest absolute Gasteiger partial charge is 0.366 e. The summed E-state index contributed by atoms with van der Waals surface area (Å²) >= 11 is 0. The Kier molecular flexibility index (Phi) is 3.05. The molecule has 0 saturated heterocycles. The van der Waals surface area contributed by atoms with E-state index in [0.717, 1.165) is 0 Å². The smallest absolute Gasteiger partial charge is 0.248 e. The van der Waals surface area contributed by atoms with Gasteiger partial charge in [0.25, 0.3) is 0 Å². The van der Waals surface area contributed by atoms with E-state index in [1.165, 1.54) is 11.2 Å². The van der Waals surface area contributed by atoms with Gasteiger partial charge in [-0.05, 0) is 6.07 Å². The minimum absolute atomic E-state index is 0.274. The van der Waals surface area contributed by atoms with Gasteiger partial charge in [0.05, 0.1) is 9.52 Å². The fourth-order valence-electron chi connectivity index (χ4n) is 1.25. The predicted molar refractivity (Wildman–Crippen MR) is 53.6 cm³/mol. The van der Waals surface area contributed by atoms with E-state index < -0.39 is 0 Å². The lowest BCUT2D eigenvalue weighted by Gasteiger charge is -2.02. The molecule has 12 heavy (non-hydrogen) atoms. The number of primary amides is 1. The van der Waals surface area contributed by atoms with E-state index in [2.05, 4.69) is 6.92 Å². The van der Waals surface area contributed by atoms with Gasteiger partial charge in [-0.15, -0.1) is 0 Å². The van der Waals surface area contributed by atoms with Gasteiger partial charge in [0, 0.05) is 5.56 Å². The van der Waals surface area contributed by atoms with Gasteiger partial charge < -0.3 is 5.73 Å². The number of hydrogen-bond acceptors (Lipinski definition) is 1. The highest BCUT2D eigenvalue weighted by atomic mass is 28.2. The fraction of sp³-hybridized carbons (Fsp3) is 0.222. The van der Waals surface area contributed by atoms with Gasteiger partial charge in [0.15, 0.2) is 0 Å². The van der Waals surface area contributed by atoms with Crippen LogP contribution in [-0.4, -0.2) is 15.4 Å². The van der Waals surface area contributed by atoms with Crippen LogP contribution in [0.3, 0.4) is 0 Å². The first-order valence-electron chi connectivity index (χ1n) is 4.13. The molecule has 0 spiro atoms. The number of carbonyl (C=O) groups excluding carboxylic acids is 1. The van der Waals surface area contributed by atoms with Crippen LogP contribution in [0.2, 0.25) is 6.04 Å². The summed E-state index contributed by atoms with van der Waals surface area (Å²) in [5.41, 5.74) is 5.94. The first kappa shape index (κ1) is 9.00. The van der Waals surface area contributed by atoms with E-state index in [0.29, 0.717) is 5.56 Å². The maximum atomic E-state index is 10.9. The zero-order valence-electron chi connectivity index (χ0n) is 7.21. The van der Waals surface area contributed by atoms with Crippen LogP contribution in [0.15, 0.2) is 24.3 Å². The van der Waals surface area contributed by atoms with Gasteiger partial charge in [-0.25, -0.2) is 0 Å². The Morgan fingerprint density at radius 3 is 2.75 bits per heavy atom. The molecule has 1 aromatic carbocycles. The van der Waals surface area contributed by atoms with Crippen molar-refractivity contribution in [1.29, 1.82) is 0 Å². The molecule has 0 bridgehead atoms. The number of benzene rings is 1. The average molecular weight is 179 g/mol. The predicted octanol–water partition coefficient (Wildman–Crippen LogP) is 0.0178. The van der Waals surface area contributed by atoms with Crippen LogP contribution >= 0.6 is 0 Å². The third-order valence-corrected chi connectivity index (χ3v) is 3.46. The van der Waals surface area contributed by atoms with Crippen LogP contribution < -0.4 is 10.9 Å². The average Bonchev–Trinajstić information content (AvgIpc) is 2.05. The zero-order valence-corrected chi connectivity index (χ0v) is 8.62. The molecule has 0 aromatic heterocycles. The number of rotatable bonds is 3. The normalized spacial score (nSPS) is 10.8. The molecule has 1 aromatic rings. The van der Waals surface area contributed by atoms with Crippen molar-refractivity contribution in [3.05, 3.63) is 29.8 Å². The quantitative estimate of drug-likeness (QED) is 0.653. The summed E-state index contributed by atoms with van der Waals surface area (Å²) in [6.07, 6.45) is 0. The van der Waals surface area contributed by atoms with Crippen LogP contribution in [0.25, 0.3) is 0 Å². The molecule has 0 saturated carbocycles. The molecule has 0 atom stereocenters. The minimum atomic E-state index is -0.299. The molecule has 0 radical (unpaired) electrons. The van der Waals surface area contributed by atoms with Gasteiger partial charge in [0.1, 0.15) is 0 Å². The van der Waals surface area contributed by atoms with Crippen LogP contribution in [-0.2, 0) is 0 Å². The summed E-state index contributed by atoms with van der Waals surface area (Å²) in [7, 11) is -0.274. The third-order valence-electron chi connectivity index (χ3n) is 1.80. The highest BCUT2D eigenvalue weighted by molar-refractivity contribution is 6.55. The highest BCUT2D eigenvalue weighted by Crippen LogP contribution is 1.94. The molecule has 2 N–H and O–H groups in total. The van der Waals surface area contributed by atoms with Crippen molar-refractivity contribution >= 4 is 20.6 Å². The third kappa shape index (κ3) is 1.95. The summed E-state index contributed by atoms with van der Waals surface area (Å²) in [5, 5.41) is 1.19. The van der Waals surface area contributed by atoms with Crippen LogP contribution in [0, 0.1) is 0 Å². The fourth-order valence-corrected chi connectivity index (χ4v) is 2.65. The Morgan fingerprint density at radius 2 is 2.17 bits per heavy atom. The molecule has 0 fully saturated rings. The molecule has 2 nitrogen and oxygen atoms in total. The van der Waals surface area contributed by atoms with Gasteiger partial charge >= 0.3 is 0 Å². The van der Waals surface area contributed by atoms with E-state index in [1.54, 1.807) is 6.07 Å². The second-order valence-corrected chi connectivity index (χ2v) is 5.03. The van der Waals surface area contributed by atoms with E-state index >= 15 is 0 Å². The van der Waals surface area contributed by atoms with Gasteiger partial charge in [-0.3, -0.25) is 4.79 Å². The molecule has 1 amide bonds. The van der Waals surface area contributed by atoms with Crippen molar-refractivity contribution in [2.45, 2.75) is 13.0 Å².